The average Bonchev–Trinajstić information content (AvgIpc) is 3.33. The van der Waals surface area contributed by atoms with Crippen molar-refractivity contribution < 1.29 is 0 Å². The molecule has 2 aliphatic rings. The molecule has 1 aliphatic heterocycles. The fourth-order valence-corrected chi connectivity index (χ4v) is 3.47. The zero-order chi connectivity index (χ0) is 16.9. The normalized spacial score (nSPS) is 19.8. The maximum atomic E-state index is 4.47. The molecular weight excluding hydrogens is 427 g/mol. The summed E-state index contributed by atoms with van der Waals surface area (Å²) in [5, 5.41) is 7.00. The van der Waals surface area contributed by atoms with Crippen LogP contribution in [0.15, 0.2) is 17.4 Å². The van der Waals surface area contributed by atoms with Crippen LogP contribution in [0.1, 0.15) is 45.4 Å². The summed E-state index contributed by atoms with van der Waals surface area (Å²) in [5.41, 5.74) is 0. The van der Waals surface area contributed by atoms with Crippen LogP contribution in [0.25, 0.3) is 0 Å². The molecule has 2 fully saturated rings. The van der Waals surface area contributed by atoms with Crippen molar-refractivity contribution in [2.45, 2.75) is 64.7 Å². The highest BCUT2D eigenvalue weighted by molar-refractivity contribution is 14.0. The highest BCUT2D eigenvalue weighted by atomic mass is 127. The van der Waals surface area contributed by atoms with Gasteiger partial charge in [0, 0.05) is 51.2 Å². The van der Waals surface area contributed by atoms with E-state index in [0.29, 0.717) is 18.5 Å². The lowest BCUT2D eigenvalue weighted by Gasteiger charge is -2.33. The Bertz CT molecular complexity index is 544. The van der Waals surface area contributed by atoms with E-state index in [1.807, 2.05) is 13.2 Å². The Morgan fingerprint density at radius 2 is 2.00 bits per heavy atom. The number of aliphatic imine (C=N–C) groups is 1. The number of piperidine rings is 1. The molecule has 0 spiro atoms. The lowest BCUT2D eigenvalue weighted by Crippen LogP contribution is -2.49. The van der Waals surface area contributed by atoms with Gasteiger partial charge in [-0.3, -0.25) is 4.99 Å². The first-order valence-electron chi connectivity index (χ1n) is 9.37. The number of aromatic nitrogens is 2. The standard InChI is InChI=1S/C18H32N6.HI/c1-14(2)13-24-11-8-20-17(24)12-21-18(19-3)22-15-6-9-23(10-7-15)16-4-5-16;/h8,11,14-16H,4-7,9-10,12-13H2,1-3H3,(H2,19,21,22);1H. The number of hydrogen-bond donors (Lipinski definition) is 2. The predicted octanol–water partition coefficient (Wildman–Crippen LogP) is 2.45. The lowest BCUT2D eigenvalue weighted by atomic mass is 10.1. The number of nitrogens with one attached hydrogen (secondary N) is 2. The van der Waals surface area contributed by atoms with E-state index < -0.39 is 0 Å². The highest BCUT2D eigenvalue weighted by Gasteiger charge is 2.31. The molecular formula is C18H33IN6. The minimum absolute atomic E-state index is 0. The number of imidazole rings is 1. The summed E-state index contributed by atoms with van der Waals surface area (Å²) in [5.74, 6) is 2.57. The first-order valence-corrected chi connectivity index (χ1v) is 9.37. The van der Waals surface area contributed by atoms with E-state index >= 15 is 0 Å². The van der Waals surface area contributed by atoms with Crippen molar-refractivity contribution in [3.05, 3.63) is 18.2 Å². The minimum Gasteiger partial charge on any atom is -0.354 e. The van der Waals surface area contributed by atoms with Gasteiger partial charge in [0.1, 0.15) is 5.82 Å². The van der Waals surface area contributed by atoms with Gasteiger partial charge < -0.3 is 20.1 Å². The van der Waals surface area contributed by atoms with Gasteiger partial charge in [0.25, 0.3) is 0 Å². The number of hydrogen-bond acceptors (Lipinski definition) is 3. The Kier molecular flexibility index (Phi) is 7.99. The zero-order valence-electron chi connectivity index (χ0n) is 15.7. The molecule has 1 saturated carbocycles. The van der Waals surface area contributed by atoms with Crippen LogP contribution in [0.2, 0.25) is 0 Å². The Labute approximate surface area is 168 Å². The van der Waals surface area contributed by atoms with Crippen LogP contribution < -0.4 is 10.6 Å². The third-order valence-electron chi connectivity index (χ3n) is 4.93. The Balaban J connectivity index is 0.00000225. The van der Waals surface area contributed by atoms with Crippen molar-refractivity contribution >= 4 is 29.9 Å². The van der Waals surface area contributed by atoms with E-state index in [9.17, 15) is 0 Å². The van der Waals surface area contributed by atoms with Crippen molar-refractivity contribution in [1.29, 1.82) is 0 Å². The summed E-state index contributed by atoms with van der Waals surface area (Å²) in [6.07, 6.45) is 9.16. The van der Waals surface area contributed by atoms with Gasteiger partial charge in [0.15, 0.2) is 5.96 Å². The molecule has 1 aromatic rings. The molecule has 0 bridgehead atoms. The molecule has 0 aromatic carbocycles. The van der Waals surface area contributed by atoms with Gasteiger partial charge in [-0.25, -0.2) is 4.98 Å². The van der Waals surface area contributed by atoms with Gasteiger partial charge >= 0.3 is 0 Å². The maximum absolute atomic E-state index is 4.47. The third kappa shape index (κ3) is 6.13. The van der Waals surface area contributed by atoms with E-state index in [1.54, 1.807) is 0 Å². The first kappa shape index (κ1) is 20.5. The fraction of sp³-hybridized carbons (Fsp3) is 0.778. The van der Waals surface area contributed by atoms with Crippen LogP contribution in [0.4, 0.5) is 0 Å². The van der Waals surface area contributed by atoms with Crippen LogP contribution in [0, 0.1) is 5.92 Å². The Morgan fingerprint density at radius 3 is 2.60 bits per heavy atom. The van der Waals surface area contributed by atoms with Gasteiger partial charge in [0.05, 0.1) is 6.54 Å². The SMILES string of the molecule is CN=C(NCc1nccn1CC(C)C)NC1CCN(C2CC2)CC1.I. The summed E-state index contributed by atoms with van der Waals surface area (Å²) in [7, 11) is 1.84. The first-order chi connectivity index (χ1) is 11.7. The van der Waals surface area contributed by atoms with Crippen molar-refractivity contribution in [3.63, 3.8) is 0 Å². The summed E-state index contributed by atoms with van der Waals surface area (Å²) < 4.78 is 2.22. The molecule has 1 aromatic heterocycles. The van der Waals surface area contributed by atoms with Crippen LogP contribution in [0.5, 0.6) is 0 Å². The van der Waals surface area contributed by atoms with E-state index in [-0.39, 0.29) is 24.0 Å². The monoisotopic (exact) mass is 460 g/mol. The topological polar surface area (TPSA) is 57.5 Å². The molecule has 25 heavy (non-hydrogen) atoms. The molecule has 2 heterocycles. The van der Waals surface area contributed by atoms with Crippen molar-refractivity contribution in [3.8, 4) is 0 Å². The Hall–Kier alpha value is -0.830. The second kappa shape index (κ2) is 9.75. The molecule has 0 unspecified atom stereocenters. The second-order valence-electron chi connectivity index (χ2n) is 7.50. The largest absolute Gasteiger partial charge is 0.354 e. The molecule has 0 amide bonds. The quantitative estimate of drug-likeness (QED) is 0.389. The van der Waals surface area contributed by atoms with Crippen LogP contribution >= 0.6 is 24.0 Å². The fourth-order valence-electron chi connectivity index (χ4n) is 3.47. The number of nitrogens with zero attached hydrogens (tertiary/aromatic N) is 4. The molecule has 142 valence electrons. The van der Waals surface area contributed by atoms with Crippen LogP contribution in [0.3, 0.4) is 0 Å². The number of likely N-dealkylation sites (tertiary alicyclic amines) is 1. The molecule has 0 radical (unpaired) electrons. The number of guanidine groups is 1. The number of rotatable bonds is 6. The lowest BCUT2D eigenvalue weighted by molar-refractivity contribution is 0.197. The average molecular weight is 460 g/mol. The zero-order valence-corrected chi connectivity index (χ0v) is 18.1. The number of halogens is 1. The third-order valence-corrected chi connectivity index (χ3v) is 4.93. The minimum atomic E-state index is 0. The van der Waals surface area contributed by atoms with Crippen molar-refractivity contribution in [2.24, 2.45) is 10.9 Å². The predicted molar refractivity (Wildman–Crippen MR) is 113 cm³/mol. The molecule has 3 rings (SSSR count). The van der Waals surface area contributed by atoms with Crippen molar-refractivity contribution in [1.82, 2.24) is 25.1 Å². The summed E-state index contributed by atoms with van der Waals surface area (Å²) in [6, 6.07) is 1.42. The molecule has 1 saturated heterocycles. The van der Waals surface area contributed by atoms with Crippen molar-refractivity contribution in [2.75, 3.05) is 20.1 Å². The molecule has 0 atom stereocenters. The summed E-state index contributed by atoms with van der Waals surface area (Å²) in [4.78, 5) is 11.5. The van der Waals surface area contributed by atoms with Crippen LogP contribution in [-0.4, -0.2) is 52.6 Å². The maximum Gasteiger partial charge on any atom is 0.191 e. The van der Waals surface area contributed by atoms with Gasteiger partial charge in [0.2, 0.25) is 0 Å². The van der Waals surface area contributed by atoms with E-state index in [0.717, 1.165) is 24.4 Å². The highest BCUT2D eigenvalue weighted by Crippen LogP contribution is 2.29. The molecule has 7 heteroatoms. The van der Waals surface area contributed by atoms with Gasteiger partial charge in [-0.05, 0) is 31.6 Å². The molecule has 6 nitrogen and oxygen atoms in total. The summed E-state index contributed by atoms with van der Waals surface area (Å²) >= 11 is 0. The van der Waals surface area contributed by atoms with Gasteiger partial charge in [-0.2, -0.15) is 0 Å². The van der Waals surface area contributed by atoms with Crippen LogP contribution in [-0.2, 0) is 13.1 Å². The summed E-state index contributed by atoms with van der Waals surface area (Å²) in [6.45, 7) is 8.61. The molecule has 1 aliphatic carbocycles. The molecule has 2 N–H and O–H groups in total. The van der Waals surface area contributed by atoms with E-state index in [2.05, 4.69) is 50.1 Å². The van der Waals surface area contributed by atoms with Gasteiger partial charge in [-0.15, -0.1) is 24.0 Å². The van der Waals surface area contributed by atoms with E-state index in [1.165, 1.54) is 38.8 Å². The van der Waals surface area contributed by atoms with E-state index in [4.69, 9.17) is 0 Å². The Morgan fingerprint density at radius 1 is 1.28 bits per heavy atom. The smallest absolute Gasteiger partial charge is 0.191 e. The second-order valence-corrected chi connectivity index (χ2v) is 7.50. The van der Waals surface area contributed by atoms with Gasteiger partial charge in [-0.1, -0.05) is 13.8 Å².